The number of carbonyl (C=O) groups is 1. The van der Waals surface area contributed by atoms with Crippen LogP contribution in [0.2, 0.25) is 0 Å². The van der Waals surface area contributed by atoms with Crippen LogP contribution in [0.15, 0.2) is 60.9 Å². The number of amides is 1. The second-order valence-corrected chi connectivity index (χ2v) is 6.10. The zero-order chi connectivity index (χ0) is 19.1. The molecule has 0 fully saturated rings. The first kappa shape index (κ1) is 18.4. The first-order chi connectivity index (χ1) is 13.2. The van der Waals surface area contributed by atoms with Crippen LogP contribution in [0.25, 0.3) is 0 Å². The Bertz CT molecular complexity index is 910. The number of methoxy groups -OCH3 is 1. The summed E-state index contributed by atoms with van der Waals surface area (Å²) in [5.41, 5.74) is 3.45. The summed E-state index contributed by atoms with van der Waals surface area (Å²) in [6, 6.07) is 17.3. The van der Waals surface area contributed by atoms with E-state index in [1.807, 2.05) is 55.5 Å². The van der Waals surface area contributed by atoms with Gasteiger partial charge in [0, 0.05) is 18.3 Å². The van der Waals surface area contributed by atoms with E-state index in [1.165, 1.54) is 11.9 Å². The van der Waals surface area contributed by atoms with Crippen molar-refractivity contribution in [2.75, 3.05) is 19.0 Å². The van der Waals surface area contributed by atoms with Crippen LogP contribution < -0.4 is 15.4 Å². The minimum absolute atomic E-state index is 0.237. The van der Waals surface area contributed by atoms with Gasteiger partial charge in [-0.15, -0.1) is 0 Å². The molecule has 0 spiro atoms. The molecule has 0 aliphatic rings. The van der Waals surface area contributed by atoms with Crippen LogP contribution in [0, 0.1) is 6.92 Å². The molecule has 3 aromatic rings. The highest BCUT2D eigenvalue weighted by atomic mass is 16.5. The van der Waals surface area contributed by atoms with Crippen LogP contribution in [-0.4, -0.2) is 29.5 Å². The van der Waals surface area contributed by atoms with Gasteiger partial charge in [0.1, 0.15) is 23.6 Å². The van der Waals surface area contributed by atoms with E-state index in [1.54, 1.807) is 13.2 Å². The van der Waals surface area contributed by atoms with Crippen LogP contribution in [0.1, 0.15) is 21.6 Å². The maximum atomic E-state index is 12.4. The highest BCUT2D eigenvalue weighted by Gasteiger charge is 2.09. The van der Waals surface area contributed by atoms with Gasteiger partial charge < -0.3 is 15.4 Å². The maximum Gasteiger partial charge on any atom is 0.270 e. The number of hydrogen-bond acceptors (Lipinski definition) is 5. The first-order valence-electron chi connectivity index (χ1n) is 8.71. The van der Waals surface area contributed by atoms with Gasteiger partial charge >= 0.3 is 0 Å². The molecule has 0 saturated heterocycles. The predicted molar refractivity (Wildman–Crippen MR) is 106 cm³/mol. The lowest BCUT2D eigenvalue weighted by molar-refractivity contribution is 0.0949. The molecule has 6 nitrogen and oxygen atoms in total. The van der Waals surface area contributed by atoms with Crippen molar-refractivity contribution < 1.29 is 9.53 Å². The lowest BCUT2D eigenvalue weighted by Crippen LogP contribution is -2.26. The fourth-order valence-corrected chi connectivity index (χ4v) is 2.65. The summed E-state index contributed by atoms with van der Waals surface area (Å²) in [6.07, 6.45) is 2.06. The molecule has 0 unspecified atom stereocenters. The van der Waals surface area contributed by atoms with E-state index in [2.05, 4.69) is 20.6 Å². The Kier molecular flexibility index (Phi) is 5.99. The molecule has 27 heavy (non-hydrogen) atoms. The number of carbonyl (C=O) groups excluding carboxylic acids is 1. The average molecular weight is 362 g/mol. The van der Waals surface area contributed by atoms with Crippen LogP contribution in [0.4, 0.5) is 11.5 Å². The first-order valence-corrected chi connectivity index (χ1v) is 8.71. The molecule has 3 rings (SSSR count). The van der Waals surface area contributed by atoms with Crippen molar-refractivity contribution >= 4 is 17.4 Å². The Morgan fingerprint density at radius 3 is 2.63 bits per heavy atom. The van der Waals surface area contributed by atoms with E-state index in [0.717, 1.165) is 17.0 Å². The Morgan fingerprint density at radius 2 is 1.85 bits per heavy atom. The number of nitrogens with zero attached hydrogens (tertiary/aromatic N) is 2. The van der Waals surface area contributed by atoms with Crippen LogP contribution in [-0.2, 0) is 6.42 Å². The number of ether oxygens (including phenoxy) is 1. The van der Waals surface area contributed by atoms with Gasteiger partial charge in [-0.05, 0) is 37.1 Å². The smallest absolute Gasteiger partial charge is 0.270 e. The zero-order valence-electron chi connectivity index (χ0n) is 15.4. The number of aryl methyl sites for hydroxylation is 1. The molecule has 138 valence electrons. The molecule has 1 heterocycles. The van der Waals surface area contributed by atoms with Crippen molar-refractivity contribution in [3.05, 3.63) is 77.7 Å². The number of rotatable bonds is 7. The summed E-state index contributed by atoms with van der Waals surface area (Å²) in [5.74, 6) is 1.15. The second kappa shape index (κ2) is 8.80. The zero-order valence-corrected chi connectivity index (χ0v) is 15.4. The Morgan fingerprint density at radius 1 is 1.07 bits per heavy atom. The summed E-state index contributed by atoms with van der Waals surface area (Å²) < 4.78 is 5.33. The fourth-order valence-electron chi connectivity index (χ4n) is 2.65. The molecule has 1 aromatic heterocycles. The Balaban J connectivity index is 1.59. The number of benzene rings is 2. The van der Waals surface area contributed by atoms with Gasteiger partial charge in [-0.1, -0.05) is 35.9 Å². The van der Waals surface area contributed by atoms with E-state index >= 15 is 0 Å². The third-order valence-corrected chi connectivity index (χ3v) is 4.10. The van der Waals surface area contributed by atoms with Crippen molar-refractivity contribution in [2.45, 2.75) is 13.3 Å². The summed E-state index contributed by atoms with van der Waals surface area (Å²) >= 11 is 0. The molecule has 6 heteroatoms. The normalized spacial score (nSPS) is 10.3. The highest BCUT2D eigenvalue weighted by molar-refractivity contribution is 5.92. The summed E-state index contributed by atoms with van der Waals surface area (Å²) in [7, 11) is 1.64. The van der Waals surface area contributed by atoms with Crippen LogP contribution in [0.5, 0.6) is 5.75 Å². The van der Waals surface area contributed by atoms with Crippen molar-refractivity contribution in [3.63, 3.8) is 0 Å². The number of anilines is 2. The highest BCUT2D eigenvalue weighted by Crippen LogP contribution is 2.17. The van der Waals surface area contributed by atoms with Crippen molar-refractivity contribution in [1.29, 1.82) is 0 Å². The number of aromatic nitrogens is 2. The topological polar surface area (TPSA) is 76.1 Å². The molecule has 0 atom stereocenters. The van der Waals surface area contributed by atoms with Gasteiger partial charge in [0.25, 0.3) is 5.91 Å². The van der Waals surface area contributed by atoms with Crippen molar-refractivity contribution in [3.8, 4) is 5.75 Å². The van der Waals surface area contributed by atoms with E-state index in [-0.39, 0.29) is 5.91 Å². The molecule has 2 aromatic carbocycles. The standard InChI is InChI=1S/C21H22N4O2/c1-15-7-9-17(10-8-15)25-20-13-18(23-14-24-20)21(26)22-12-11-16-5-3-4-6-19(16)27-2/h3-10,13-14H,11-12H2,1-2H3,(H,22,26)(H,23,24,25). The fraction of sp³-hybridized carbons (Fsp3) is 0.190. The van der Waals surface area contributed by atoms with Gasteiger partial charge in [-0.2, -0.15) is 0 Å². The summed E-state index contributed by atoms with van der Waals surface area (Å²) in [4.78, 5) is 20.6. The molecule has 0 aliphatic heterocycles. The largest absolute Gasteiger partial charge is 0.496 e. The minimum Gasteiger partial charge on any atom is -0.496 e. The van der Waals surface area contributed by atoms with E-state index < -0.39 is 0 Å². The molecule has 1 amide bonds. The van der Waals surface area contributed by atoms with Crippen molar-refractivity contribution in [1.82, 2.24) is 15.3 Å². The lowest BCUT2D eigenvalue weighted by atomic mass is 10.1. The van der Waals surface area contributed by atoms with Gasteiger partial charge in [0.15, 0.2) is 0 Å². The predicted octanol–water partition coefficient (Wildman–Crippen LogP) is 3.51. The van der Waals surface area contributed by atoms with Crippen molar-refractivity contribution in [2.24, 2.45) is 0 Å². The molecule has 0 saturated carbocycles. The maximum absolute atomic E-state index is 12.4. The lowest BCUT2D eigenvalue weighted by Gasteiger charge is -2.10. The quantitative estimate of drug-likeness (QED) is 0.673. The van der Waals surface area contributed by atoms with Crippen LogP contribution in [0.3, 0.4) is 0 Å². The Labute approximate surface area is 158 Å². The third kappa shape index (κ3) is 5.04. The molecule has 0 aliphatic carbocycles. The molecular weight excluding hydrogens is 340 g/mol. The molecular formula is C21H22N4O2. The average Bonchev–Trinajstić information content (AvgIpc) is 2.70. The third-order valence-electron chi connectivity index (χ3n) is 4.10. The van der Waals surface area contributed by atoms with Gasteiger partial charge in [-0.3, -0.25) is 4.79 Å². The number of nitrogens with one attached hydrogen (secondary N) is 2. The van der Waals surface area contributed by atoms with E-state index in [9.17, 15) is 4.79 Å². The second-order valence-electron chi connectivity index (χ2n) is 6.10. The van der Waals surface area contributed by atoms with Crippen LogP contribution >= 0.6 is 0 Å². The Hall–Kier alpha value is -3.41. The van der Waals surface area contributed by atoms with Gasteiger partial charge in [0.05, 0.1) is 7.11 Å². The molecule has 0 radical (unpaired) electrons. The van der Waals surface area contributed by atoms with Gasteiger partial charge in [-0.25, -0.2) is 9.97 Å². The SMILES string of the molecule is COc1ccccc1CCNC(=O)c1cc(Nc2ccc(C)cc2)ncn1. The number of hydrogen-bond donors (Lipinski definition) is 2. The number of para-hydroxylation sites is 1. The van der Waals surface area contributed by atoms with E-state index in [0.29, 0.717) is 24.5 Å². The minimum atomic E-state index is -0.237. The summed E-state index contributed by atoms with van der Waals surface area (Å²) in [5, 5.41) is 6.06. The van der Waals surface area contributed by atoms with Gasteiger partial charge in [0.2, 0.25) is 0 Å². The van der Waals surface area contributed by atoms with E-state index in [4.69, 9.17) is 4.74 Å². The molecule has 2 N–H and O–H groups in total. The summed E-state index contributed by atoms with van der Waals surface area (Å²) in [6.45, 7) is 2.52. The monoisotopic (exact) mass is 362 g/mol. The molecule has 0 bridgehead atoms.